The minimum absolute atomic E-state index is 0. The second-order valence-corrected chi connectivity index (χ2v) is 0.488. The van der Waals surface area contributed by atoms with Crippen molar-refractivity contribution in [1.29, 1.82) is 0 Å². The summed E-state index contributed by atoms with van der Waals surface area (Å²) in [6.07, 6.45) is -2.33. The average Bonchev–Trinajstić information content (AvgIpc) is 1.25. The molecule has 0 aliphatic heterocycles. The van der Waals surface area contributed by atoms with Gasteiger partial charge in [-0.1, -0.05) is 0 Å². The van der Waals surface area contributed by atoms with E-state index in [1.54, 1.807) is 0 Å². The first kappa shape index (κ1) is 15.9. The van der Waals surface area contributed by atoms with E-state index in [9.17, 15) is 0 Å². The monoisotopic (exact) mass is 163 g/mol. The Hall–Kier alpha value is -0.270. The summed E-state index contributed by atoms with van der Waals surface area (Å²) in [5.74, 6) is 0. The van der Waals surface area contributed by atoms with Crippen LogP contribution in [0.1, 0.15) is 0 Å². The number of carbonyl (C=O) groups is 1. The van der Waals surface area contributed by atoms with Gasteiger partial charge >= 0.3 is 37.7 Å². The maximum absolute atomic E-state index is 8.36. The first-order valence-corrected chi connectivity index (χ1v) is 1.18. The topological polar surface area (TPSA) is 127 Å². The van der Waals surface area contributed by atoms with E-state index in [2.05, 4.69) is 0 Å². The van der Waals surface area contributed by atoms with Gasteiger partial charge in [-0.15, -0.1) is 10.1 Å². The van der Waals surface area contributed by atoms with Gasteiger partial charge in [0.1, 0.15) is 0 Å². The maximum atomic E-state index is 8.36. The molecule has 0 aliphatic carbocycles. The molecule has 1 N–H and O–H groups in total. The minimum atomic E-state index is -2.33. The molecule has 8 heteroatoms. The zero-order chi connectivity index (χ0) is 7.15. The van der Waals surface area contributed by atoms with Gasteiger partial charge in [0.2, 0.25) is 0 Å². The van der Waals surface area contributed by atoms with E-state index in [1.807, 2.05) is 0 Å². The number of hydrogen-bond donors (Lipinski definition) is 1. The third-order valence-electron chi connectivity index (χ3n) is 0. The zero-order valence-electron chi connectivity index (χ0n) is 4.14. The van der Waals surface area contributed by atoms with Crippen LogP contribution in [-0.2, 0) is 0 Å². The van der Waals surface area contributed by atoms with Crippen LogP contribution in [-0.4, -0.2) is 54.2 Å². The SMILES string of the molecule is O=C([O-])[O-].O=[N+]([O-])O.[Ca+2]. The molecule has 0 aromatic rings. The Kier molecular flexibility index (Phi) is 18.8. The van der Waals surface area contributed by atoms with E-state index in [1.165, 1.54) is 0 Å². The minimum Gasteiger partial charge on any atom is -0.652 e. The van der Waals surface area contributed by atoms with Crippen molar-refractivity contribution in [1.82, 2.24) is 0 Å². The summed E-state index contributed by atoms with van der Waals surface area (Å²) >= 11 is 0. The van der Waals surface area contributed by atoms with Gasteiger partial charge in [0, 0.05) is 0 Å². The number of carboxylic acid groups (broad SMARTS) is 2. The van der Waals surface area contributed by atoms with E-state index in [0.717, 1.165) is 0 Å². The Morgan fingerprint density at radius 3 is 1.44 bits per heavy atom. The largest absolute Gasteiger partial charge is 2.00 e. The van der Waals surface area contributed by atoms with E-state index in [0.29, 0.717) is 0 Å². The maximum Gasteiger partial charge on any atom is 2.00 e. The van der Waals surface area contributed by atoms with Crippen LogP contribution in [0.25, 0.3) is 0 Å². The van der Waals surface area contributed by atoms with Crippen molar-refractivity contribution in [2.75, 3.05) is 0 Å². The summed E-state index contributed by atoms with van der Waals surface area (Å²) in [6, 6.07) is 0. The van der Waals surface area contributed by atoms with Crippen molar-refractivity contribution in [2.24, 2.45) is 0 Å². The molecule has 7 nitrogen and oxygen atoms in total. The van der Waals surface area contributed by atoms with Gasteiger partial charge in [-0.25, -0.2) is 0 Å². The predicted molar refractivity (Wildman–Crippen MR) is 19.9 cm³/mol. The number of nitrogens with zero attached hydrogens (tertiary/aromatic N) is 1. The fraction of sp³-hybridized carbons (Fsp3) is 0. The van der Waals surface area contributed by atoms with Gasteiger partial charge in [-0.2, -0.15) is 0 Å². The van der Waals surface area contributed by atoms with Gasteiger partial charge in [-0.3, -0.25) is 0 Å². The number of hydrogen-bond acceptors (Lipinski definition) is 5. The van der Waals surface area contributed by atoms with Crippen molar-refractivity contribution < 1.29 is 25.3 Å². The normalized spacial score (nSPS) is 5.33. The molecule has 0 aromatic carbocycles. The molecule has 0 unspecified atom stereocenters. The van der Waals surface area contributed by atoms with Gasteiger partial charge in [0.05, 0.1) is 0 Å². The molecule has 0 amide bonds. The molecule has 48 valence electrons. The molecule has 0 bridgehead atoms. The summed E-state index contributed by atoms with van der Waals surface area (Å²) in [5.41, 5.74) is 0. The van der Waals surface area contributed by atoms with Gasteiger partial charge in [0.15, 0.2) is 0 Å². The quantitative estimate of drug-likeness (QED) is 0.228. The van der Waals surface area contributed by atoms with Crippen LogP contribution < -0.4 is 10.2 Å². The average molecular weight is 163 g/mol. The van der Waals surface area contributed by atoms with Crippen molar-refractivity contribution in [3.63, 3.8) is 0 Å². The number of carbonyl (C=O) groups excluding carboxylic acids is 1. The van der Waals surface area contributed by atoms with Gasteiger partial charge in [0.25, 0.3) is 5.09 Å². The van der Waals surface area contributed by atoms with Crippen LogP contribution in [0.3, 0.4) is 0 Å². The van der Waals surface area contributed by atoms with Gasteiger partial charge in [-0.05, 0) is 6.16 Å². The molecule has 0 atom stereocenters. The molecule has 0 saturated carbocycles. The fourth-order valence-electron chi connectivity index (χ4n) is 0. The van der Waals surface area contributed by atoms with Crippen LogP contribution >= 0.6 is 0 Å². The van der Waals surface area contributed by atoms with Crippen LogP contribution in [0, 0.1) is 10.1 Å². The van der Waals surface area contributed by atoms with Crippen molar-refractivity contribution in [2.45, 2.75) is 0 Å². The molecule has 0 radical (unpaired) electrons. The summed E-state index contributed by atoms with van der Waals surface area (Å²) < 4.78 is 0. The summed E-state index contributed by atoms with van der Waals surface area (Å²) in [6.45, 7) is 0. The van der Waals surface area contributed by atoms with Gasteiger partial charge < -0.3 is 20.2 Å². The third kappa shape index (κ3) is 3470. The zero-order valence-corrected chi connectivity index (χ0v) is 6.35. The van der Waals surface area contributed by atoms with Crippen molar-refractivity contribution >= 4 is 43.9 Å². The first-order chi connectivity index (χ1) is 3.46. The third-order valence-corrected chi connectivity index (χ3v) is 0. The van der Waals surface area contributed by atoms with E-state index in [-0.39, 0.29) is 37.7 Å². The number of rotatable bonds is 0. The van der Waals surface area contributed by atoms with Crippen molar-refractivity contribution in [3.05, 3.63) is 10.1 Å². The first-order valence-electron chi connectivity index (χ1n) is 1.18. The van der Waals surface area contributed by atoms with E-state index >= 15 is 0 Å². The molecule has 0 aliphatic rings. The second-order valence-electron chi connectivity index (χ2n) is 0.488. The second kappa shape index (κ2) is 10.7. The Bertz CT molecular complexity index is 71.1. The van der Waals surface area contributed by atoms with Crippen LogP contribution in [0.2, 0.25) is 0 Å². The Labute approximate surface area is 79.0 Å². The molecule has 0 heterocycles. The molecule has 9 heavy (non-hydrogen) atoms. The smallest absolute Gasteiger partial charge is 0.652 e. The molecule has 0 fully saturated rings. The molecular formula is CHCaNO6. The predicted octanol–water partition coefficient (Wildman–Crippen LogP) is -3.18. The molecule has 0 saturated heterocycles. The summed E-state index contributed by atoms with van der Waals surface area (Å²) in [7, 11) is 0. The van der Waals surface area contributed by atoms with E-state index in [4.69, 9.17) is 30.3 Å². The molecule has 0 aromatic heterocycles. The molecular weight excluding hydrogens is 162 g/mol. The van der Waals surface area contributed by atoms with Crippen molar-refractivity contribution in [3.8, 4) is 0 Å². The Morgan fingerprint density at radius 1 is 1.44 bits per heavy atom. The Morgan fingerprint density at radius 2 is 1.44 bits per heavy atom. The van der Waals surface area contributed by atoms with Crippen LogP contribution in [0.4, 0.5) is 4.79 Å². The molecule has 0 spiro atoms. The Balaban J connectivity index is -0.0000000720. The fourth-order valence-corrected chi connectivity index (χ4v) is 0. The molecule has 0 rings (SSSR count). The summed E-state index contributed by atoms with van der Waals surface area (Å²) in [4.78, 5) is 16.7. The summed E-state index contributed by atoms with van der Waals surface area (Å²) in [5, 5.41) is 30.3. The standard InChI is InChI=1S/CH2O3.Ca.HNO3/c2-1(3)4;;2-1(3)4/h(H2,2,3,4);;(H,2,3,4)/q;+2;/p-2. The van der Waals surface area contributed by atoms with E-state index < -0.39 is 11.2 Å². The van der Waals surface area contributed by atoms with Crippen LogP contribution in [0.5, 0.6) is 0 Å². The van der Waals surface area contributed by atoms with Crippen LogP contribution in [0.15, 0.2) is 0 Å².